The maximum atomic E-state index is 12.3. The molecule has 0 saturated carbocycles. The Labute approximate surface area is 125 Å². The van der Waals surface area contributed by atoms with Gasteiger partial charge in [-0.2, -0.15) is 4.72 Å². The van der Waals surface area contributed by atoms with Crippen molar-refractivity contribution >= 4 is 37.8 Å². The number of likely N-dealkylation sites (tertiary alicyclic amines) is 1. The van der Waals surface area contributed by atoms with Crippen molar-refractivity contribution in [1.82, 2.24) is 9.62 Å². The van der Waals surface area contributed by atoms with E-state index in [0.717, 1.165) is 4.90 Å². The number of hydrogen-bond acceptors (Lipinski definition) is 4. The molecule has 8 heteroatoms. The summed E-state index contributed by atoms with van der Waals surface area (Å²) in [5, 5.41) is 0. The number of halogens is 1. The standard InChI is InChI=1S/C12H13BrN2O4S/c1-7-3-4-8(13)5-10(7)20(18,19)14-9-6-11(16)15(2)12(9)17/h3-5,9,14H,6H2,1-2H3. The molecule has 0 aromatic heterocycles. The second-order valence-corrected chi connectivity index (χ2v) is 7.18. The fourth-order valence-corrected chi connectivity index (χ4v) is 3.93. The zero-order chi connectivity index (χ0) is 15.1. The van der Waals surface area contributed by atoms with E-state index in [4.69, 9.17) is 0 Å². The Morgan fingerprint density at radius 2 is 2.00 bits per heavy atom. The number of nitrogens with one attached hydrogen (secondary N) is 1. The number of imide groups is 1. The van der Waals surface area contributed by atoms with Gasteiger partial charge < -0.3 is 0 Å². The molecule has 0 aliphatic carbocycles. The minimum Gasteiger partial charge on any atom is -0.284 e. The Morgan fingerprint density at radius 3 is 2.55 bits per heavy atom. The predicted molar refractivity (Wildman–Crippen MR) is 75.4 cm³/mol. The first kappa shape index (κ1) is 15.1. The van der Waals surface area contributed by atoms with Crippen molar-refractivity contribution in [3.8, 4) is 0 Å². The summed E-state index contributed by atoms with van der Waals surface area (Å²) in [6, 6.07) is 3.82. The van der Waals surface area contributed by atoms with Crippen molar-refractivity contribution < 1.29 is 18.0 Å². The van der Waals surface area contributed by atoms with Crippen LogP contribution in [0.5, 0.6) is 0 Å². The second-order valence-electron chi connectivity index (χ2n) is 4.58. The molecule has 0 spiro atoms. The van der Waals surface area contributed by atoms with E-state index < -0.39 is 27.9 Å². The molecule has 0 bridgehead atoms. The lowest BCUT2D eigenvalue weighted by molar-refractivity contribution is -0.137. The normalized spacial score (nSPS) is 19.8. The monoisotopic (exact) mass is 360 g/mol. The van der Waals surface area contributed by atoms with Crippen molar-refractivity contribution in [1.29, 1.82) is 0 Å². The highest BCUT2D eigenvalue weighted by Crippen LogP contribution is 2.22. The van der Waals surface area contributed by atoms with E-state index in [1.807, 2.05) is 0 Å². The van der Waals surface area contributed by atoms with Crippen molar-refractivity contribution in [2.24, 2.45) is 0 Å². The zero-order valence-corrected chi connectivity index (χ0v) is 13.3. The van der Waals surface area contributed by atoms with E-state index in [1.54, 1.807) is 19.1 Å². The molecule has 108 valence electrons. The van der Waals surface area contributed by atoms with Crippen LogP contribution in [0.15, 0.2) is 27.6 Å². The lowest BCUT2D eigenvalue weighted by Crippen LogP contribution is -2.40. The molecular weight excluding hydrogens is 348 g/mol. The molecule has 0 radical (unpaired) electrons. The van der Waals surface area contributed by atoms with Gasteiger partial charge in [0.25, 0.3) is 0 Å². The molecule has 1 fully saturated rings. The molecule has 1 atom stereocenters. The highest BCUT2D eigenvalue weighted by Gasteiger charge is 2.38. The Bertz CT molecular complexity index is 687. The Morgan fingerprint density at radius 1 is 1.35 bits per heavy atom. The number of amides is 2. The number of rotatable bonds is 3. The third-order valence-electron chi connectivity index (χ3n) is 3.12. The number of nitrogens with zero attached hydrogens (tertiary/aromatic N) is 1. The fraction of sp³-hybridized carbons (Fsp3) is 0.333. The van der Waals surface area contributed by atoms with E-state index in [9.17, 15) is 18.0 Å². The van der Waals surface area contributed by atoms with Crippen molar-refractivity contribution in [3.05, 3.63) is 28.2 Å². The summed E-state index contributed by atoms with van der Waals surface area (Å²) >= 11 is 3.21. The Hall–Kier alpha value is -1.25. The van der Waals surface area contributed by atoms with Gasteiger partial charge in [-0.25, -0.2) is 8.42 Å². The summed E-state index contributed by atoms with van der Waals surface area (Å²) < 4.78 is 27.5. The number of sulfonamides is 1. The number of likely N-dealkylation sites (N-methyl/N-ethyl adjacent to an activating group) is 1. The van der Waals surface area contributed by atoms with E-state index in [1.165, 1.54) is 13.1 Å². The minimum absolute atomic E-state index is 0.0849. The Kier molecular flexibility index (Phi) is 3.99. The molecule has 1 aromatic rings. The van der Waals surface area contributed by atoms with Gasteiger partial charge in [-0.1, -0.05) is 22.0 Å². The SMILES string of the molecule is Cc1ccc(Br)cc1S(=O)(=O)NC1CC(=O)N(C)C1=O. The van der Waals surface area contributed by atoms with Crippen LogP contribution in [0, 0.1) is 6.92 Å². The third-order valence-corrected chi connectivity index (χ3v) is 5.23. The van der Waals surface area contributed by atoms with Gasteiger partial charge in [0.1, 0.15) is 6.04 Å². The number of carbonyl (C=O) groups excluding carboxylic acids is 2. The fourth-order valence-electron chi connectivity index (χ4n) is 1.96. The quantitative estimate of drug-likeness (QED) is 0.807. The molecule has 1 aromatic carbocycles. The van der Waals surface area contributed by atoms with Gasteiger partial charge in [-0.05, 0) is 24.6 Å². The summed E-state index contributed by atoms with van der Waals surface area (Å²) in [7, 11) is -2.52. The van der Waals surface area contributed by atoms with Crippen molar-refractivity contribution in [2.45, 2.75) is 24.3 Å². The van der Waals surface area contributed by atoms with Gasteiger partial charge in [0.2, 0.25) is 21.8 Å². The Balaban J connectivity index is 2.31. The van der Waals surface area contributed by atoms with Crippen LogP contribution in [0.1, 0.15) is 12.0 Å². The van der Waals surface area contributed by atoms with Crippen LogP contribution in [0.25, 0.3) is 0 Å². The van der Waals surface area contributed by atoms with Crippen LogP contribution < -0.4 is 4.72 Å². The van der Waals surface area contributed by atoms with Crippen molar-refractivity contribution in [2.75, 3.05) is 7.05 Å². The van der Waals surface area contributed by atoms with Gasteiger partial charge in [0.05, 0.1) is 11.3 Å². The summed E-state index contributed by atoms with van der Waals surface area (Å²) in [4.78, 5) is 24.2. The first-order chi connectivity index (χ1) is 9.22. The molecule has 1 saturated heterocycles. The van der Waals surface area contributed by atoms with Gasteiger partial charge in [-0.3, -0.25) is 14.5 Å². The molecule has 2 rings (SSSR count). The van der Waals surface area contributed by atoms with E-state index in [0.29, 0.717) is 10.0 Å². The van der Waals surface area contributed by atoms with Gasteiger partial charge in [0.15, 0.2) is 0 Å². The number of carbonyl (C=O) groups is 2. The molecule has 1 aliphatic heterocycles. The molecular formula is C12H13BrN2O4S. The van der Waals surface area contributed by atoms with Crippen LogP contribution in [-0.2, 0) is 19.6 Å². The molecule has 20 heavy (non-hydrogen) atoms. The summed E-state index contributed by atoms with van der Waals surface area (Å²) in [6.45, 7) is 1.66. The first-order valence-electron chi connectivity index (χ1n) is 5.81. The number of aryl methyl sites for hydroxylation is 1. The van der Waals surface area contributed by atoms with E-state index in [2.05, 4.69) is 20.7 Å². The topological polar surface area (TPSA) is 83.6 Å². The second kappa shape index (κ2) is 5.27. The average Bonchev–Trinajstić information content (AvgIpc) is 2.59. The molecule has 1 heterocycles. The number of hydrogen-bond donors (Lipinski definition) is 1. The summed E-state index contributed by atoms with van der Waals surface area (Å²) in [6.07, 6.45) is -0.151. The van der Waals surface area contributed by atoms with Gasteiger partial charge >= 0.3 is 0 Å². The molecule has 1 unspecified atom stereocenters. The van der Waals surface area contributed by atoms with Gasteiger partial charge in [0, 0.05) is 11.5 Å². The zero-order valence-electron chi connectivity index (χ0n) is 10.9. The molecule has 1 N–H and O–H groups in total. The predicted octanol–water partition coefficient (Wildman–Crippen LogP) is 0.793. The van der Waals surface area contributed by atoms with Crippen LogP contribution in [0.2, 0.25) is 0 Å². The highest BCUT2D eigenvalue weighted by molar-refractivity contribution is 9.10. The van der Waals surface area contributed by atoms with E-state index >= 15 is 0 Å². The average molecular weight is 361 g/mol. The number of benzene rings is 1. The minimum atomic E-state index is -3.86. The van der Waals surface area contributed by atoms with Crippen LogP contribution in [0.4, 0.5) is 0 Å². The highest BCUT2D eigenvalue weighted by atomic mass is 79.9. The maximum Gasteiger partial charge on any atom is 0.247 e. The lowest BCUT2D eigenvalue weighted by Gasteiger charge is -2.13. The van der Waals surface area contributed by atoms with Crippen LogP contribution in [-0.4, -0.2) is 38.2 Å². The maximum absolute atomic E-state index is 12.3. The lowest BCUT2D eigenvalue weighted by atomic mass is 10.2. The smallest absolute Gasteiger partial charge is 0.247 e. The molecule has 6 nitrogen and oxygen atoms in total. The van der Waals surface area contributed by atoms with Crippen LogP contribution in [0.3, 0.4) is 0 Å². The summed E-state index contributed by atoms with van der Waals surface area (Å²) in [5.74, 6) is -0.931. The summed E-state index contributed by atoms with van der Waals surface area (Å²) in [5.41, 5.74) is 0.561. The largest absolute Gasteiger partial charge is 0.284 e. The van der Waals surface area contributed by atoms with Gasteiger partial charge in [-0.15, -0.1) is 0 Å². The molecule has 1 aliphatic rings. The van der Waals surface area contributed by atoms with E-state index in [-0.39, 0.29) is 11.3 Å². The molecule has 2 amide bonds. The van der Waals surface area contributed by atoms with Crippen molar-refractivity contribution in [3.63, 3.8) is 0 Å². The first-order valence-corrected chi connectivity index (χ1v) is 8.09. The third kappa shape index (κ3) is 2.77. The van der Waals surface area contributed by atoms with Crippen LogP contribution >= 0.6 is 15.9 Å².